The summed E-state index contributed by atoms with van der Waals surface area (Å²) in [4.78, 5) is 2.33. The minimum absolute atomic E-state index is 0.537. The summed E-state index contributed by atoms with van der Waals surface area (Å²) in [6.45, 7) is 3.92. The summed E-state index contributed by atoms with van der Waals surface area (Å²) in [5.74, 6) is 0. The van der Waals surface area contributed by atoms with E-state index >= 15 is 0 Å². The monoisotopic (exact) mass is 246 g/mol. The average molecular weight is 246 g/mol. The van der Waals surface area contributed by atoms with Gasteiger partial charge in [-0.15, -0.1) is 0 Å². The van der Waals surface area contributed by atoms with Crippen LogP contribution in [0.3, 0.4) is 0 Å². The molecule has 0 saturated carbocycles. The van der Waals surface area contributed by atoms with Crippen LogP contribution in [0.1, 0.15) is 24.0 Å². The Hall–Kier alpha value is -1.06. The fourth-order valence-electron chi connectivity index (χ4n) is 2.89. The van der Waals surface area contributed by atoms with Crippen molar-refractivity contribution in [3.05, 3.63) is 29.3 Å². The zero-order valence-corrected chi connectivity index (χ0v) is 11.1. The third-order valence-electron chi connectivity index (χ3n) is 4.03. The molecule has 3 rings (SSSR count). The van der Waals surface area contributed by atoms with Gasteiger partial charge in [-0.2, -0.15) is 0 Å². The molecule has 0 aliphatic carbocycles. The first-order chi connectivity index (χ1) is 8.83. The number of rotatable bonds is 3. The van der Waals surface area contributed by atoms with Crippen molar-refractivity contribution in [1.29, 1.82) is 0 Å². The molecule has 1 fully saturated rings. The van der Waals surface area contributed by atoms with Gasteiger partial charge in [0.25, 0.3) is 0 Å². The van der Waals surface area contributed by atoms with Crippen molar-refractivity contribution in [1.82, 2.24) is 5.32 Å². The zero-order valence-electron chi connectivity index (χ0n) is 11.1. The molecule has 1 atom stereocenters. The van der Waals surface area contributed by atoms with Gasteiger partial charge in [0.2, 0.25) is 0 Å². The number of ether oxygens (including phenoxy) is 1. The highest BCUT2D eigenvalue weighted by Crippen LogP contribution is 2.27. The van der Waals surface area contributed by atoms with Crippen LogP contribution in [-0.4, -0.2) is 32.8 Å². The number of anilines is 1. The van der Waals surface area contributed by atoms with Crippen LogP contribution in [0.2, 0.25) is 0 Å². The van der Waals surface area contributed by atoms with E-state index in [1.54, 1.807) is 0 Å². The Kier molecular flexibility index (Phi) is 3.52. The molecule has 0 aromatic heterocycles. The maximum Gasteiger partial charge on any atom is 0.0619 e. The van der Waals surface area contributed by atoms with Gasteiger partial charge in [0, 0.05) is 38.5 Å². The van der Waals surface area contributed by atoms with Gasteiger partial charge in [-0.3, -0.25) is 0 Å². The van der Waals surface area contributed by atoms with E-state index in [-0.39, 0.29) is 0 Å². The minimum Gasteiger partial charge on any atom is -0.380 e. The van der Waals surface area contributed by atoms with Crippen LogP contribution < -0.4 is 10.2 Å². The second-order valence-electron chi connectivity index (χ2n) is 5.43. The molecular weight excluding hydrogens is 224 g/mol. The molecule has 3 heteroatoms. The maximum absolute atomic E-state index is 5.49. The van der Waals surface area contributed by atoms with Crippen molar-refractivity contribution in [2.45, 2.75) is 31.8 Å². The largest absolute Gasteiger partial charge is 0.380 e. The molecule has 98 valence electrons. The van der Waals surface area contributed by atoms with E-state index in [0.29, 0.717) is 6.04 Å². The van der Waals surface area contributed by atoms with E-state index < -0.39 is 0 Å². The quantitative estimate of drug-likeness (QED) is 0.882. The van der Waals surface area contributed by atoms with Crippen LogP contribution in [-0.2, 0) is 17.7 Å². The Morgan fingerprint density at radius 3 is 3.22 bits per heavy atom. The maximum atomic E-state index is 5.49. The Labute approximate surface area is 109 Å². The number of hydrogen-bond donors (Lipinski definition) is 1. The first-order valence-electron chi connectivity index (χ1n) is 6.97. The highest BCUT2D eigenvalue weighted by atomic mass is 16.5. The van der Waals surface area contributed by atoms with Crippen molar-refractivity contribution >= 4 is 5.69 Å². The summed E-state index contributed by atoms with van der Waals surface area (Å²) >= 11 is 0. The van der Waals surface area contributed by atoms with E-state index in [9.17, 15) is 0 Å². The average Bonchev–Trinajstić information content (AvgIpc) is 2.79. The number of likely N-dealkylation sites (N-methyl/N-ethyl adjacent to an activating group) is 1. The van der Waals surface area contributed by atoms with Crippen molar-refractivity contribution in [2.75, 3.05) is 31.7 Å². The lowest BCUT2D eigenvalue weighted by atomic mass is 10.1. The fraction of sp³-hybridized carbons (Fsp3) is 0.600. The standard InChI is InChI=1S/C15H22N2O/c1-17-7-6-13-9-12(4-5-15(13)17)10-16-14-3-2-8-18-11-14/h4-5,9,14,16H,2-3,6-8,10-11H2,1H3. The Morgan fingerprint density at radius 1 is 1.44 bits per heavy atom. The molecule has 1 aromatic carbocycles. The van der Waals surface area contributed by atoms with Crippen LogP contribution in [0.4, 0.5) is 5.69 Å². The van der Waals surface area contributed by atoms with Crippen LogP contribution in [0.5, 0.6) is 0 Å². The van der Waals surface area contributed by atoms with Crippen molar-refractivity contribution in [3.63, 3.8) is 0 Å². The minimum atomic E-state index is 0.537. The smallest absolute Gasteiger partial charge is 0.0619 e. The third-order valence-corrected chi connectivity index (χ3v) is 4.03. The molecule has 18 heavy (non-hydrogen) atoms. The molecule has 1 aromatic rings. The van der Waals surface area contributed by atoms with E-state index in [0.717, 1.165) is 26.3 Å². The summed E-state index contributed by atoms with van der Waals surface area (Å²) in [7, 11) is 2.17. The molecule has 1 saturated heterocycles. The lowest BCUT2D eigenvalue weighted by molar-refractivity contribution is 0.0699. The Bertz CT molecular complexity index is 413. The number of hydrogen-bond acceptors (Lipinski definition) is 3. The summed E-state index contributed by atoms with van der Waals surface area (Å²) in [5, 5.41) is 3.60. The molecule has 0 amide bonds. The highest BCUT2D eigenvalue weighted by molar-refractivity contribution is 5.58. The van der Waals surface area contributed by atoms with E-state index in [4.69, 9.17) is 4.74 Å². The normalized spacial score (nSPS) is 23.2. The topological polar surface area (TPSA) is 24.5 Å². The second kappa shape index (κ2) is 5.29. The van der Waals surface area contributed by atoms with E-state index in [1.165, 1.54) is 36.1 Å². The van der Waals surface area contributed by atoms with Crippen molar-refractivity contribution < 1.29 is 4.74 Å². The number of fused-ring (bicyclic) bond motifs is 1. The predicted octanol–water partition coefficient (Wildman–Crippen LogP) is 1.95. The zero-order chi connectivity index (χ0) is 12.4. The highest BCUT2D eigenvalue weighted by Gasteiger charge is 2.16. The molecule has 0 radical (unpaired) electrons. The van der Waals surface area contributed by atoms with Gasteiger partial charge >= 0.3 is 0 Å². The van der Waals surface area contributed by atoms with Gasteiger partial charge in [0.15, 0.2) is 0 Å². The first kappa shape index (κ1) is 12.0. The fourth-order valence-corrected chi connectivity index (χ4v) is 2.89. The molecular formula is C15H22N2O. The lowest BCUT2D eigenvalue weighted by Gasteiger charge is -2.23. The third kappa shape index (κ3) is 2.52. The summed E-state index contributed by atoms with van der Waals surface area (Å²) in [5.41, 5.74) is 4.30. The van der Waals surface area contributed by atoms with Gasteiger partial charge in [0.1, 0.15) is 0 Å². The number of benzene rings is 1. The molecule has 2 aliphatic rings. The van der Waals surface area contributed by atoms with Gasteiger partial charge in [-0.1, -0.05) is 12.1 Å². The molecule has 0 bridgehead atoms. The van der Waals surface area contributed by atoms with Crippen LogP contribution >= 0.6 is 0 Å². The molecule has 1 unspecified atom stereocenters. The summed E-state index contributed by atoms with van der Waals surface area (Å²) in [6, 6.07) is 7.40. The van der Waals surface area contributed by atoms with Crippen LogP contribution in [0, 0.1) is 0 Å². The molecule has 1 N–H and O–H groups in total. The number of nitrogens with zero attached hydrogens (tertiary/aromatic N) is 1. The summed E-state index contributed by atoms with van der Waals surface area (Å²) < 4.78 is 5.49. The van der Waals surface area contributed by atoms with Gasteiger partial charge in [-0.25, -0.2) is 0 Å². The summed E-state index contributed by atoms with van der Waals surface area (Å²) in [6.07, 6.45) is 3.62. The first-order valence-corrected chi connectivity index (χ1v) is 6.97. The molecule has 2 aliphatic heterocycles. The van der Waals surface area contributed by atoms with Crippen molar-refractivity contribution in [2.24, 2.45) is 0 Å². The SMILES string of the molecule is CN1CCc2cc(CNC3CCCOC3)ccc21. The molecule has 3 nitrogen and oxygen atoms in total. The molecule has 2 heterocycles. The van der Waals surface area contributed by atoms with Crippen LogP contribution in [0.15, 0.2) is 18.2 Å². The van der Waals surface area contributed by atoms with E-state index in [2.05, 4.69) is 35.5 Å². The van der Waals surface area contributed by atoms with Gasteiger partial charge in [-0.05, 0) is 36.5 Å². The number of nitrogens with one attached hydrogen (secondary N) is 1. The second-order valence-corrected chi connectivity index (χ2v) is 5.43. The Morgan fingerprint density at radius 2 is 2.39 bits per heavy atom. The lowest BCUT2D eigenvalue weighted by Crippen LogP contribution is -2.36. The van der Waals surface area contributed by atoms with Crippen LogP contribution in [0.25, 0.3) is 0 Å². The van der Waals surface area contributed by atoms with E-state index in [1.807, 2.05) is 0 Å². The predicted molar refractivity (Wildman–Crippen MR) is 74.1 cm³/mol. The van der Waals surface area contributed by atoms with Crippen molar-refractivity contribution in [3.8, 4) is 0 Å². The van der Waals surface area contributed by atoms with Gasteiger partial charge < -0.3 is 15.0 Å². The van der Waals surface area contributed by atoms with Gasteiger partial charge in [0.05, 0.1) is 6.61 Å². The Balaban J connectivity index is 1.60. The molecule has 0 spiro atoms.